The number of carbonyl (C=O) groups is 1. The van der Waals surface area contributed by atoms with Crippen LogP contribution in [-0.2, 0) is 0 Å². The molecule has 1 fully saturated rings. The number of nitrogens with zero attached hydrogens (tertiary/aromatic N) is 5. The molecule has 0 radical (unpaired) electrons. The van der Waals surface area contributed by atoms with Crippen LogP contribution in [-0.4, -0.2) is 39.1 Å². The first kappa shape index (κ1) is 29.0. The zero-order valence-corrected chi connectivity index (χ0v) is 20.9. The maximum Gasteiger partial charge on any atom is 0.335 e. The maximum absolute atomic E-state index is 10.3. The minimum absolute atomic E-state index is 0.0422. The number of nitriles is 1. The van der Waals surface area contributed by atoms with Crippen molar-refractivity contribution in [2.45, 2.75) is 47.5 Å². The number of rotatable bonds is 3. The highest BCUT2D eigenvalue weighted by Crippen LogP contribution is 2.29. The first-order chi connectivity index (χ1) is 16.9. The minimum Gasteiger partial charge on any atom is -0.478 e. The summed E-state index contributed by atoms with van der Waals surface area (Å²) in [5.41, 5.74) is 3.18. The Morgan fingerprint density at radius 3 is 2.20 bits per heavy atom. The van der Waals surface area contributed by atoms with E-state index in [1.54, 1.807) is 12.4 Å². The van der Waals surface area contributed by atoms with Gasteiger partial charge in [0.2, 0.25) is 0 Å². The number of aromatic carboxylic acids is 1. The van der Waals surface area contributed by atoms with Crippen LogP contribution in [0.3, 0.4) is 0 Å². The molecular weight excluding hydrogens is 446 g/mol. The van der Waals surface area contributed by atoms with E-state index in [0.29, 0.717) is 17.0 Å². The zero-order chi connectivity index (χ0) is 26.4. The minimum atomic E-state index is -1.09. The van der Waals surface area contributed by atoms with E-state index in [2.05, 4.69) is 27.9 Å². The van der Waals surface area contributed by atoms with Gasteiger partial charge in [-0.25, -0.2) is 4.79 Å². The van der Waals surface area contributed by atoms with E-state index in [9.17, 15) is 14.9 Å². The third kappa shape index (κ3) is 8.03. The van der Waals surface area contributed by atoms with Crippen molar-refractivity contribution in [1.82, 2.24) is 9.97 Å². The van der Waals surface area contributed by atoms with Gasteiger partial charge < -0.3 is 10.0 Å². The highest BCUT2D eigenvalue weighted by atomic mass is 16.6. The van der Waals surface area contributed by atoms with Crippen molar-refractivity contribution in [3.63, 3.8) is 0 Å². The number of nitro benzene ring substituents is 1. The van der Waals surface area contributed by atoms with E-state index in [0.717, 1.165) is 36.4 Å². The molecule has 9 nitrogen and oxygen atoms in total. The number of piperidine rings is 1. The van der Waals surface area contributed by atoms with Gasteiger partial charge in [0.15, 0.2) is 0 Å². The predicted molar refractivity (Wildman–Crippen MR) is 138 cm³/mol. The summed E-state index contributed by atoms with van der Waals surface area (Å²) in [5.74, 6) is -0.388. The summed E-state index contributed by atoms with van der Waals surface area (Å²) < 4.78 is 0. The topological polar surface area (TPSA) is 133 Å². The average Bonchev–Trinajstić information content (AvgIpc) is 2.90. The monoisotopic (exact) mass is 479 g/mol. The number of carboxylic acids is 1. The molecule has 3 aromatic rings. The highest BCUT2D eigenvalue weighted by Gasteiger charge is 2.20. The van der Waals surface area contributed by atoms with Gasteiger partial charge in [0.05, 0.1) is 21.7 Å². The summed E-state index contributed by atoms with van der Waals surface area (Å²) in [7, 11) is 0. The smallest absolute Gasteiger partial charge is 0.335 e. The van der Waals surface area contributed by atoms with E-state index in [1.165, 1.54) is 25.0 Å². The second kappa shape index (κ2) is 15.0. The second-order valence-electron chi connectivity index (χ2n) is 7.30. The zero-order valence-electron chi connectivity index (χ0n) is 20.9. The molecule has 2 heterocycles. The Labute approximate surface area is 206 Å². The summed E-state index contributed by atoms with van der Waals surface area (Å²) in [6.07, 6.45) is 5.84. The number of anilines is 1. The SMILES string of the molecule is CC.CC.CC1CCCN(c2ccc(C#N)c3nccnc23)C1.O=C(O)c1ccc([N+](=O)[O-])cc1. The van der Waals surface area contributed by atoms with Crippen LogP contribution in [0.1, 0.15) is 63.4 Å². The Morgan fingerprint density at radius 2 is 1.69 bits per heavy atom. The fourth-order valence-electron chi connectivity index (χ4n) is 3.52. The van der Waals surface area contributed by atoms with Crippen LogP contribution in [0.2, 0.25) is 0 Å². The number of carboxylic acid groups (broad SMARTS) is 1. The molecule has 0 amide bonds. The third-order valence-electron chi connectivity index (χ3n) is 5.05. The van der Waals surface area contributed by atoms with Crippen LogP contribution in [0.25, 0.3) is 11.0 Å². The molecule has 1 aromatic heterocycles. The number of benzene rings is 2. The van der Waals surface area contributed by atoms with Crippen LogP contribution in [0, 0.1) is 27.4 Å². The molecule has 1 atom stereocenters. The molecule has 186 valence electrons. The van der Waals surface area contributed by atoms with Crippen LogP contribution >= 0.6 is 0 Å². The molecule has 1 aliphatic rings. The van der Waals surface area contributed by atoms with Crippen molar-refractivity contribution in [3.05, 3.63) is 70.0 Å². The Morgan fingerprint density at radius 1 is 1.09 bits per heavy atom. The molecule has 1 N–H and O–H groups in total. The second-order valence-corrected chi connectivity index (χ2v) is 7.30. The summed E-state index contributed by atoms with van der Waals surface area (Å²) in [6.45, 7) is 12.4. The van der Waals surface area contributed by atoms with E-state index >= 15 is 0 Å². The molecule has 2 aromatic carbocycles. The van der Waals surface area contributed by atoms with Gasteiger partial charge in [-0.2, -0.15) is 5.26 Å². The number of non-ortho nitro benzene ring substituents is 1. The molecule has 0 saturated carbocycles. The summed E-state index contributed by atoms with van der Waals surface area (Å²) >= 11 is 0. The first-order valence-electron chi connectivity index (χ1n) is 11.8. The predicted octanol–water partition coefficient (Wildman–Crippen LogP) is 6.08. The summed E-state index contributed by atoms with van der Waals surface area (Å²) in [5, 5.41) is 27.7. The standard InChI is InChI=1S/C15H16N4.C7H5NO4.2C2H6/c1-11-3-2-8-19(10-11)13-5-4-12(9-16)14-15(13)18-7-6-17-14;9-7(10)5-1-3-6(4-2-5)8(11)12;2*1-2/h4-7,11H,2-3,8,10H2,1H3;1-4H,(H,9,10);2*1-2H3. The van der Waals surface area contributed by atoms with Gasteiger partial charge >= 0.3 is 5.97 Å². The fourth-order valence-corrected chi connectivity index (χ4v) is 3.52. The Hall–Kier alpha value is -4.06. The molecule has 0 aliphatic carbocycles. The van der Waals surface area contributed by atoms with Gasteiger partial charge in [0, 0.05) is 37.6 Å². The molecule has 9 heteroatoms. The summed E-state index contributed by atoms with van der Waals surface area (Å²) in [4.78, 5) is 31.0. The van der Waals surface area contributed by atoms with Crippen molar-refractivity contribution >= 4 is 28.4 Å². The van der Waals surface area contributed by atoms with E-state index in [-0.39, 0.29) is 11.3 Å². The van der Waals surface area contributed by atoms with Crippen LogP contribution in [0.4, 0.5) is 11.4 Å². The first-order valence-corrected chi connectivity index (χ1v) is 11.8. The van der Waals surface area contributed by atoms with Crippen molar-refractivity contribution in [1.29, 1.82) is 5.26 Å². The molecule has 1 saturated heterocycles. The van der Waals surface area contributed by atoms with E-state index < -0.39 is 10.9 Å². The number of aromatic nitrogens is 2. The lowest BCUT2D eigenvalue weighted by Gasteiger charge is -2.33. The molecule has 0 spiro atoms. The highest BCUT2D eigenvalue weighted by molar-refractivity contribution is 5.92. The molecule has 4 rings (SSSR count). The fraction of sp³-hybridized carbons (Fsp3) is 0.385. The quantitative estimate of drug-likeness (QED) is 0.353. The van der Waals surface area contributed by atoms with Gasteiger partial charge in [0.25, 0.3) is 5.69 Å². The van der Waals surface area contributed by atoms with Gasteiger partial charge in [-0.3, -0.25) is 20.1 Å². The lowest BCUT2D eigenvalue weighted by atomic mass is 9.99. The van der Waals surface area contributed by atoms with E-state index in [4.69, 9.17) is 10.4 Å². The Kier molecular flexibility index (Phi) is 12.4. The van der Waals surface area contributed by atoms with E-state index in [1.807, 2.05) is 39.8 Å². The molecule has 0 bridgehead atoms. The number of hydrogen-bond acceptors (Lipinski definition) is 7. The lowest BCUT2D eigenvalue weighted by Crippen LogP contribution is -2.34. The normalized spacial score (nSPS) is 14.1. The van der Waals surface area contributed by atoms with Crippen molar-refractivity contribution in [3.8, 4) is 6.07 Å². The summed E-state index contributed by atoms with van der Waals surface area (Å²) in [6, 6.07) is 10.8. The van der Waals surface area contributed by atoms with Crippen LogP contribution < -0.4 is 4.90 Å². The van der Waals surface area contributed by atoms with Gasteiger partial charge in [-0.15, -0.1) is 0 Å². The molecule has 1 unspecified atom stereocenters. The largest absolute Gasteiger partial charge is 0.478 e. The number of fused-ring (bicyclic) bond motifs is 1. The number of hydrogen-bond donors (Lipinski definition) is 1. The van der Waals surface area contributed by atoms with Crippen molar-refractivity contribution in [2.24, 2.45) is 5.92 Å². The third-order valence-corrected chi connectivity index (χ3v) is 5.05. The maximum atomic E-state index is 10.3. The molecular formula is C26H33N5O4. The van der Waals surface area contributed by atoms with Crippen molar-refractivity contribution in [2.75, 3.05) is 18.0 Å². The van der Waals surface area contributed by atoms with Crippen LogP contribution in [0.15, 0.2) is 48.8 Å². The van der Waals surface area contributed by atoms with Gasteiger partial charge in [0.1, 0.15) is 17.1 Å². The van der Waals surface area contributed by atoms with Gasteiger partial charge in [-0.05, 0) is 43.0 Å². The Bertz CT molecular complexity index is 1110. The van der Waals surface area contributed by atoms with Crippen LogP contribution in [0.5, 0.6) is 0 Å². The lowest BCUT2D eigenvalue weighted by molar-refractivity contribution is -0.384. The molecule has 35 heavy (non-hydrogen) atoms. The van der Waals surface area contributed by atoms with Gasteiger partial charge in [-0.1, -0.05) is 34.6 Å². The molecule has 1 aliphatic heterocycles. The Balaban J connectivity index is 0.000000332. The van der Waals surface area contributed by atoms with Crippen molar-refractivity contribution < 1.29 is 14.8 Å². The number of nitro groups is 1. The average molecular weight is 480 g/mol.